The smallest absolute Gasteiger partial charge is 0.416 e. The van der Waals surface area contributed by atoms with Crippen LogP contribution in [0.1, 0.15) is 49.9 Å². The maximum absolute atomic E-state index is 14.0. The number of benzene rings is 4. The molecule has 56 heavy (non-hydrogen) atoms. The molecular formula is C44H39F6N2O4+. The van der Waals surface area contributed by atoms with Crippen LogP contribution in [0.25, 0.3) is 0 Å². The number of ketones is 1. The molecule has 4 aromatic rings. The van der Waals surface area contributed by atoms with Gasteiger partial charge in [-0.25, -0.2) is 0 Å². The lowest BCUT2D eigenvalue weighted by atomic mass is 9.77. The fourth-order valence-electron chi connectivity index (χ4n) is 7.63. The van der Waals surface area contributed by atoms with Crippen molar-refractivity contribution in [1.29, 1.82) is 0 Å². The number of fused-ring (bicyclic) bond motifs is 2. The van der Waals surface area contributed by atoms with Gasteiger partial charge in [0.2, 0.25) is 11.5 Å². The van der Waals surface area contributed by atoms with E-state index in [1.54, 1.807) is 61.4 Å². The summed E-state index contributed by atoms with van der Waals surface area (Å²) in [4.78, 5) is 15.8. The number of para-hydroxylation sites is 2. The van der Waals surface area contributed by atoms with E-state index in [4.69, 9.17) is 9.47 Å². The number of rotatable bonds is 10. The monoisotopic (exact) mass is 773 g/mol. The average Bonchev–Trinajstić information content (AvgIpc) is 3.50. The Hall–Kier alpha value is -5.78. The van der Waals surface area contributed by atoms with Crippen LogP contribution in [0.3, 0.4) is 0 Å². The number of Topliss-reactive ketones (excluding diaryl/α,β-unsaturated/α-hetero) is 1. The summed E-state index contributed by atoms with van der Waals surface area (Å²) in [6.07, 6.45) is -6.15. The van der Waals surface area contributed by atoms with Gasteiger partial charge in [0.25, 0.3) is 0 Å². The van der Waals surface area contributed by atoms with Crippen molar-refractivity contribution in [2.24, 2.45) is 0 Å². The van der Waals surface area contributed by atoms with E-state index in [9.17, 15) is 36.2 Å². The number of allylic oxidation sites excluding steroid dienone is 5. The average molecular weight is 774 g/mol. The van der Waals surface area contributed by atoms with E-state index >= 15 is 0 Å². The molecular weight excluding hydrogens is 734 g/mol. The van der Waals surface area contributed by atoms with Crippen molar-refractivity contribution in [3.8, 4) is 11.5 Å². The summed E-state index contributed by atoms with van der Waals surface area (Å²) in [6.45, 7) is 7.79. The number of aliphatic hydroxyl groups is 1. The molecule has 0 atom stereocenters. The Labute approximate surface area is 320 Å². The molecule has 1 aliphatic carbocycles. The van der Waals surface area contributed by atoms with Gasteiger partial charge in [-0.1, -0.05) is 50.2 Å². The Morgan fingerprint density at radius 2 is 1.27 bits per heavy atom. The Balaban J connectivity index is 1.26. The third-order valence-electron chi connectivity index (χ3n) is 10.7. The van der Waals surface area contributed by atoms with Crippen molar-refractivity contribution < 1.29 is 50.3 Å². The molecule has 0 saturated heterocycles. The summed E-state index contributed by atoms with van der Waals surface area (Å²) < 4.78 is 96.8. The van der Waals surface area contributed by atoms with Crippen LogP contribution < -0.4 is 14.4 Å². The van der Waals surface area contributed by atoms with Crippen molar-refractivity contribution in [3.05, 3.63) is 154 Å². The molecule has 4 aromatic carbocycles. The first-order chi connectivity index (χ1) is 26.4. The lowest BCUT2D eigenvalue weighted by Gasteiger charge is -2.29. The van der Waals surface area contributed by atoms with Gasteiger partial charge < -0.3 is 19.5 Å². The van der Waals surface area contributed by atoms with Crippen molar-refractivity contribution >= 4 is 22.9 Å². The molecule has 0 saturated carbocycles. The molecule has 0 spiro atoms. The number of ether oxygens (including phenoxy) is 2. The van der Waals surface area contributed by atoms with Crippen molar-refractivity contribution in [2.75, 3.05) is 31.2 Å². The number of nitrogens with zero attached hydrogens (tertiary/aromatic N) is 2. The summed E-state index contributed by atoms with van der Waals surface area (Å²) in [7, 11) is 0. The number of anilines is 1. The molecule has 0 amide bonds. The normalized spacial score (nSPS) is 18.8. The molecule has 2 aliphatic heterocycles. The molecule has 2 heterocycles. The zero-order chi connectivity index (χ0) is 40.2. The summed E-state index contributed by atoms with van der Waals surface area (Å²) >= 11 is 0. The van der Waals surface area contributed by atoms with Gasteiger partial charge in [-0.05, 0) is 80.1 Å². The molecule has 0 aromatic heterocycles. The van der Waals surface area contributed by atoms with Crippen LogP contribution in [0.15, 0.2) is 132 Å². The summed E-state index contributed by atoms with van der Waals surface area (Å²) in [5.74, 6) is 0.367. The number of hydrogen-bond donors (Lipinski definition) is 1. The maximum atomic E-state index is 14.0. The van der Waals surface area contributed by atoms with E-state index in [0.717, 1.165) is 24.3 Å². The van der Waals surface area contributed by atoms with E-state index < -0.39 is 40.1 Å². The minimum atomic E-state index is -4.58. The third-order valence-corrected chi connectivity index (χ3v) is 10.7. The van der Waals surface area contributed by atoms with Crippen LogP contribution in [-0.4, -0.2) is 47.5 Å². The van der Waals surface area contributed by atoms with Crippen LogP contribution in [0.2, 0.25) is 0 Å². The number of carbonyl (C=O) groups is 1. The van der Waals surface area contributed by atoms with Gasteiger partial charge >= 0.3 is 12.4 Å². The predicted octanol–water partition coefficient (Wildman–Crippen LogP) is 10.3. The molecule has 3 aliphatic rings. The molecule has 7 rings (SSSR count). The zero-order valence-electron chi connectivity index (χ0n) is 31.1. The highest BCUT2D eigenvalue weighted by atomic mass is 19.4. The zero-order valence-corrected chi connectivity index (χ0v) is 31.1. The molecule has 12 heteroatoms. The number of aliphatic hydroxyl groups excluding tert-OH is 1. The molecule has 0 bridgehead atoms. The number of hydrogen-bond acceptors (Lipinski definition) is 5. The first-order valence-corrected chi connectivity index (χ1v) is 18.0. The predicted molar refractivity (Wildman–Crippen MR) is 201 cm³/mol. The molecule has 0 unspecified atom stereocenters. The first-order valence-electron chi connectivity index (χ1n) is 18.0. The van der Waals surface area contributed by atoms with E-state index in [1.165, 1.54) is 24.3 Å². The van der Waals surface area contributed by atoms with Crippen LogP contribution in [0.5, 0.6) is 11.5 Å². The second kappa shape index (κ2) is 14.1. The molecule has 6 nitrogen and oxygen atoms in total. The highest BCUT2D eigenvalue weighted by Gasteiger charge is 2.49. The number of alkyl halides is 6. The minimum absolute atomic E-state index is 0.0376. The highest BCUT2D eigenvalue weighted by Crippen LogP contribution is 2.51. The van der Waals surface area contributed by atoms with Gasteiger partial charge in [-0.2, -0.15) is 30.9 Å². The second-order valence-corrected chi connectivity index (χ2v) is 14.9. The topological polar surface area (TPSA) is 62.0 Å². The van der Waals surface area contributed by atoms with Crippen LogP contribution in [-0.2, 0) is 28.0 Å². The van der Waals surface area contributed by atoms with Gasteiger partial charge in [-0.3, -0.25) is 4.79 Å². The van der Waals surface area contributed by atoms with E-state index in [2.05, 4.69) is 0 Å². The highest BCUT2D eigenvalue weighted by molar-refractivity contribution is 6.24. The first kappa shape index (κ1) is 38.5. The van der Waals surface area contributed by atoms with Crippen molar-refractivity contribution in [2.45, 2.75) is 50.9 Å². The Bertz CT molecular complexity index is 2320. The van der Waals surface area contributed by atoms with Crippen LogP contribution in [0, 0.1) is 0 Å². The molecule has 290 valence electrons. The van der Waals surface area contributed by atoms with E-state index in [-0.39, 0.29) is 43.2 Å². The Morgan fingerprint density at radius 1 is 0.714 bits per heavy atom. The van der Waals surface area contributed by atoms with E-state index in [1.807, 2.05) is 36.4 Å². The summed E-state index contributed by atoms with van der Waals surface area (Å²) in [6, 6.07) is 25.2. The second-order valence-electron chi connectivity index (χ2n) is 14.9. The van der Waals surface area contributed by atoms with Crippen LogP contribution >= 0.6 is 0 Å². The number of halogens is 6. The standard InChI is InChI=1S/C44H38F6N2O4/c1-41(2)33-23-27(43(45,46)47)15-17-35(33)51(19-21-55-29-11-7-5-8-12-29)37(41)25-31-39(53)32(40(31)54)26-38-42(3,4)34-24-28(44(48,49)50)16-18-36(34)52(38)20-22-56-30-13-9-6-10-14-30/h5-18,23-26H,19-22H2,1-4H3/p+1. The third kappa shape index (κ3) is 6.97. The lowest BCUT2D eigenvalue weighted by molar-refractivity contribution is -0.439. The fourth-order valence-corrected chi connectivity index (χ4v) is 7.63. The number of carbonyl (C=O) groups excluding carboxylic acids is 1. The van der Waals surface area contributed by atoms with Crippen molar-refractivity contribution in [3.63, 3.8) is 0 Å². The van der Waals surface area contributed by atoms with Gasteiger partial charge in [-0.15, -0.1) is 0 Å². The Kier molecular flexibility index (Phi) is 9.66. The van der Waals surface area contributed by atoms with Gasteiger partial charge in [0.05, 0.1) is 34.2 Å². The molecule has 1 N–H and O–H groups in total. The molecule has 0 fully saturated rings. The van der Waals surface area contributed by atoms with Crippen LogP contribution in [0.4, 0.5) is 37.7 Å². The SMILES string of the molecule is CC1(C)C(/C=C2/C(=O)C(/C=C3\N(CCOc4ccccc4)c4ccc(C(F)(F)F)cc4C3(C)C)=C2O)=[N+](CCOc2ccccc2)c2ccc(C(F)(F)F)cc21. The summed E-state index contributed by atoms with van der Waals surface area (Å²) in [5, 5.41) is 11.5. The van der Waals surface area contributed by atoms with Gasteiger partial charge in [0, 0.05) is 34.5 Å². The summed E-state index contributed by atoms with van der Waals surface area (Å²) in [5.41, 5.74) is -0.945. The van der Waals surface area contributed by atoms with E-state index in [0.29, 0.717) is 45.4 Å². The molecule has 0 radical (unpaired) electrons. The lowest BCUT2D eigenvalue weighted by Crippen LogP contribution is -2.33. The largest absolute Gasteiger partial charge is 0.506 e. The Morgan fingerprint density at radius 3 is 1.84 bits per heavy atom. The van der Waals surface area contributed by atoms with Gasteiger partial charge in [0.1, 0.15) is 30.5 Å². The minimum Gasteiger partial charge on any atom is -0.506 e. The quantitative estimate of drug-likeness (QED) is 0.0988. The van der Waals surface area contributed by atoms with Gasteiger partial charge in [0.15, 0.2) is 12.3 Å². The maximum Gasteiger partial charge on any atom is 0.416 e. The fraction of sp³-hybridized carbons (Fsp3) is 0.273. The van der Waals surface area contributed by atoms with Crippen molar-refractivity contribution in [1.82, 2.24) is 0 Å².